The Morgan fingerprint density at radius 3 is 2.30 bits per heavy atom. The van der Waals surface area contributed by atoms with Gasteiger partial charge in [0.25, 0.3) is 11.8 Å². The minimum atomic E-state index is -0.851. The number of methoxy groups -OCH3 is 1. The van der Waals surface area contributed by atoms with Crippen molar-refractivity contribution in [1.29, 1.82) is 0 Å². The molecule has 1 N–H and O–H groups in total. The van der Waals surface area contributed by atoms with Gasteiger partial charge in [0.05, 0.1) is 24.4 Å². The SMILES string of the molecule is CCOc1cc(/C=C2\C(=O)NC(=O)N(c3ccc(OC)cc3)C2=O)cc(Cl)c1OCc1ccc(Cl)cc1. The summed E-state index contributed by atoms with van der Waals surface area (Å²) in [5.41, 5.74) is 1.32. The van der Waals surface area contributed by atoms with E-state index in [1.807, 2.05) is 12.1 Å². The number of hydrogen-bond acceptors (Lipinski definition) is 6. The van der Waals surface area contributed by atoms with E-state index in [2.05, 4.69) is 5.32 Å². The zero-order valence-corrected chi connectivity index (χ0v) is 21.4. The van der Waals surface area contributed by atoms with Crippen LogP contribution in [0.25, 0.3) is 6.08 Å². The molecule has 0 aliphatic carbocycles. The zero-order chi connectivity index (χ0) is 26.5. The molecule has 0 spiro atoms. The van der Waals surface area contributed by atoms with Crippen LogP contribution in [-0.4, -0.2) is 31.6 Å². The summed E-state index contributed by atoms with van der Waals surface area (Å²) >= 11 is 12.4. The smallest absolute Gasteiger partial charge is 0.335 e. The summed E-state index contributed by atoms with van der Waals surface area (Å²) in [6.45, 7) is 2.35. The van der Waals surface area contributed by atoms with Gasteiger partial charge in [0, 0.05) is 5.02 Å². The number of ether oxygens (including phenoxy) is 3. The van der Waals surface area contributed by atoms with E-state index in [0.29, 0.717) is 34.4 Å². The molecule has 0 bridgehead atoms. The van der Waals surface area contributed by atoms with Gasteiger partial charge in [0.1, 0.15) is 17.9 Å². The Morgan fingerprint density at radius 2 is 1.65 bits per heavy atom. The average molecular weight is 541 g/mol. The lowest BCUT2D eigenvalue weighted by atomic mass is 10.1. The van der Waals surface area contributed by atoms with Gasteiger partial charge in [-0.15, -0.1) is 0 Å². The molecule has 0 saturated carbocycles. The third-order valence-corrected chi connectivity index (χ3v) is 5.90. The number of carbonyl (C=O) groups is 3. The fraction of sp³-hybridized carbons (Fsp3) is 0.148. The number of hydrogen-bond donors (Lipinski definition) is 1. The van der Waals surface area contributed by atoms with E-state index in [0.717, 1.165) is 10.5 Å². The Hall–Kier alpha value is -4.01. The van der Waals surface area contributed by atoms with Gasteiger partial charge in [-0.1, -0.05) is 35.3 Å². The van der Waals surface area contributed by atoms with Crippen LogP contribution >= 0.6 is 23.2 Å². The molecular formula is C27H22Cl2N2O6. The fourth-order valence-corrected chi connectivity index (χ4v) is 4.00. The monoisotopic (exact) mass is 540 g/mol. The number of nitrogens with zero attached hydrogens (tertiary/aromatic N) is 1. The number of anilines is 1. The number of imide groups is 2. The normalized spacial score (nSPS) is 14.5. The van der Waals surface area contributed by atoms with Crippen LogP contribution in [0.5, 0.6) is 17.2 Å². The predicted molar refractivity (Wildman–Crippen MR) is 140 cm³/mol. The first kappa shape index (κ1) is 26.1. The third-order valence-electron chi connectivity index (χ3n) is 5.37. The maximum atomic E-state index is 13.2. The molecule has 0 unspecified atom stereocenters. The molecule has 0 aromatic heterocycles. The van der Waals surface area contributed by atoms with Gasteiger partial charge in [0.15, 0.2) is 11.5 Å². The Bertz CT molecular complexity index is 1370. The molecule has 1 aliphatic heterocycles. The first-order valence-electron chi connectivity index (χ1n) is 11.2. The van der Waals surface area contributed by atoms with Crippen molar-refractivity contribution in [3.63, 3.8) is 0 Å². The molecular weight excluding hydrogens is 519 g/mol. The Kier molecular flexibility index (Phi) is 8.01. The van der Waals surface area contributed by atoms with Crippen LogP contribution in [0.15, 0.2) is 66.2 Å². The molecule has 1 saturated heterocycles. The van der Waals surface area contributed by atoms with Crippen molar-refractivity contribution in [3.8, 4) is 17.2 Å². The summed E-state index contributed by atoms with van der Waals surface area (Å²) in [5, 5.41) is 3.03. The molecule has 3 aromatic rings. The maximum absolute atomic E-state index is 13.2. The van der Waals surface area contributed by atoms with Crippen LogP contribution in [0, 0.1) is 0 Å². The van der Waals surface area contributed by atoms with Gasteiger partial charge in [-0.2, -0.15) is 0 Å². The minimum Gasteiger partial charge on any atom is -0.497 e. The Balaban J connectivity index is 1.64. The molecule has 1 aliphatic rings. The first-order chi connectivity index (χ1) is 17.8. The highest BCUT2D eigenvalue weighted by Gasteiger charge is 2.37. The van der Waals surface area contributed by atoms with E-state index in [-0.39, 0.29) is 22.9 Å². The van der Waals surface area contributed by atoms with E-state index in [1.165, 1.54) is 13.2 Å². The fourth-order valence-electron chi connectivity index (χ4n) is 3.60. The number of barbiturate groups is 1. The van der Waals surface area contributed by atoms with Gasteiger partial charge in [0.2, 0.25) is 0 Å². The molecule has 0 atom stereocenters. The maximum Gasteiger partial charge on any atom is 0.335 e. The summed E-state index contributed by atoms with van der Waals surface area (Å²) in [6.07, 6.45) is 1.35. The average Bonchev–Trinajstić information content (AvgIpc) is 2.87. The van der Waals surface area contributed by atoms with Gasteiger partial charge in [-0.05, 0) is 72.7 Å². The molecule has 190 valence electrons. The van der Waals surface area contributed by atoms with E-state index in [9.17, 15) is 14.4 Å². The predicted octanol–water partition coefficient (Wildman–Crippen LogP) is 5.65. The molecule has 4 rings (SSSR count). The van der Waals surface area contributed by atoms with Gasteiger partial charge in [-0.3, -0.25) is 14.9 Å². The van der Waals surface area contributed by atoms with Crippen molar-refractivity contribution in [2.75, 3.05) is 18.6 Å². The van der Waals surface area contributed by atoms with E-state index < -0.39 is 17.8 Å². The van der Waals surface area contributed by atoms with Crippen molar-refractivity contribution >= 4 is 52.8 Å². The number of benzene rings is 3. The standard InChI is InChI=1S/C27H22Cl2N2O6/c1-3-36-23-14-17(13-22(29)24(23)37-15-16-4-6-18(28)7-5-16)12-21-25(32)30-27(34)31(26(21)33)19-8-10-20(35-2)11-9-19/h4-14H,3,15H2,1-2H3,(H,30,32,34)/b21-12+. The molecule has 10 heteroatoms. The van der Waals surface area contributed by atoms with Gasteiger partial charge in [-0.25, -0.2) is 9.69 Å². The molecule has 1 fully saturated rings. The summed E-state index contributed by atoms with van der Waals surface area (Å²) in [6, 6.07) is 15.8. The molecule has 8 nitrogen and oxygen atoms in total. The highest BCUT2D eigenvalue weighted by atomic mass is 35.5. The largest absolute Gasteiger partial charge is 0.497 e. The van der Waals surface area contributed by atoms with Crippen molar-refractivity contribution < 1.29 is 28.6 Å². The Morgan fingerprint density at radius 1 is 0.946 bits per heavy atom. The quantitative estimate of drug-likeness (QED) is 0.293. The number of rotatable bonds is 8. The summed E-state index contributed by atoms with van der Waals surface area (Å²) in [5.74, 6) is -0.400. The summed E-state index contributed by atoms with van der Waals surface area (Å²) < 4.78 is 16.7. The zero-order valence-electron chi connectivity index (χ0n) is 19.9. The van der Waals surface area contributed by atoms with Crippen LogP contribution in [-0.2, 0) is 16.2 Å². The van der Waals surface area contributed by atoms with Crippen molar-refractivity contribution in [1.82, 2.24) is 5.32 Å². The number of carbonyl (C=O) groups excluding carboxylic acids is 3. The second-order valence-corrected chi connectivity index (χ2v) is 8.68. The van der Waals surface area contributed by atoms with Crippen LogP contribution < -0.4 is 24.4 Å². The van der Waals surface area contributed by atoms with Gasteiger partial charge < -0.3 is 14.2 Å². The number of urea groups is 1. The molecule has 37 heavy (non-hydrogen) atoms. The van der Waals surface area contributed by atoms with E-state index >= 15 is 0 Å². The first-order valence-corrected chi connectivity index (χ1v) is 12.0. The molecule has 1 heterocycles. The van der Waals surface area contributed by atoms with Crippen molar-refractivity contribution in [2.45, 2.75) is 13.5 Å². The Labute approximate surface area is 223 Å². The summed E-state index contributed by atoms with van der Waals surface area (Å²) in [7, 11) is 1.50. The van der Waals surface area contributed by atoms with E-state index in [4.69, 9.17) is 37.4 Å². The number of amides is 4. The van der Waals surface area contributed by atoms with Crippen molar-refractivity contribution in [2.24, 2.45) is 0 Å². The molecule has 3 aromatic carbocycles. The minimum absolute atomic E-state index is 0.219. The van der Waals surface area contributed by atoms with Crippen LogP contribution in [0.3, 0.4) is 0 Å². The lowest BCUT2D eigenvalue weighted by molar-refractivity contribution is -0.122. The third kappa shape index (κ3) is 5.87. The second-order valence-electron chi connectivity index (χ2n) is 7.83. The lowest BCUT2D eigenvalue weighted by Gasteiger charge is -2.26. The number of nitrogens with one attached hydrogen (secondary N) is 1. The highest BCUT2D eigenvalue weighted by molar-refractivity contribution is 6.39. The van der Waals surface area contributed by atoms with E-state index in [1.54, 1.807) is 55.5 Å². The molecule has 4 amide bonds. The van der Waals surface area contributed by atoms with Crippen LogP contribution in [0.2, 0.25) is 10.0 Å². The molecule has 0 radical (unpaired) electrons. The number of halogens is 2. The van der Waals surface area contributed by atoms with Gasteiger partial charge >= 0.3 is 6.03 Å². The topological polar surface area (TPSA) is 94.2 Å². The van der Waals surface area contributed by atoms with Crippen LogP contribution in [0.1, 0.15) is 18.1 Å². The highest BCUT2D eigenvalue weighted by Crippen LogP contribution is 2.38. The van der Waals surface area contributed by atoms with Crippen LogP contribution in [0.4, 0.5) is 10.5 Å². The second kappa shape index (κ2) is 11.4. The lowest BCUT2D eigenvalue weighted by Crippen LogP contribution is -2.54. The summed E-state index contributed by atoms with van der Waals surface area (Å²) in [4.78, 5) is 39.1. The van der Waals surface area contributed by atoms with Crippen molar-refractivity contribution in [3.05, 3.63) is 87.4 Å².